The van der Waals surface area contributed by atoms with Gasteiger partial charge in [-0.15, -0.1) is 11.3 Å². The fraction of sp³-hybridized carbons (Fsp3) is 0.429. The molecule has 2 unspecified atom stereocenters. The topological polar surface area (TPSA) is 91.4 Å². The number of hydrogen-bond acceptors (Lipinski definition) is 5. The highest BCUT2D eigenvalue weighted by atomic mass is 32.1. The normalized spacial score (nSPS) is 21.2. The summed E-state index contributed by atoms with van der Waals surface area (Å²) >= 11 is 1.38. The van der Waals surface area contributed by atoms with E-state index in [-0.39, 0.29) is 29.6 Å². The van der Waals surface area contributed by atoms with Crippen molar-refractivity contribution in [2.24, 2.45) is 11.8 Å². The summed E-state index contributed by atoms with van der Waals surface area (Å²) in [4.78, 5) is 43.4. The van der Waals surface area contributed by atoms with Crippen molar-refractivity contribution in [2.75, 3.05) is 23.7 Å². The maximum atomic E-state index is 12.7. The average molecular weight is 413 g/mol. The van der Waals surface area contributed by atoms with Gasteiger partial charge >= 0.3 is 0 Å². The minimum atomic E-state index is -0.221. The molecule has 2 atom stereocenters. The first-order valence-corrected chi connectivity index (χ1v) is 10.8. The van der Waals surface area contributed by atoms with Gasteiger partial charge in [0.05, 0.1) is 5.92 Å². The van der Waals surface area contributed by atoms with E-state index in [1.807, 2.05) is 29.6 Å². The Kier molecular flexibility index (Phi) is 5.89. The number of carbonyl (C=O) groups excluding carboxylic acids is 3. The largest absolute Gasteiger partial charge is 0.342 e. The van der Waals surface area contributed by atoms with Crippen LogP contribution < -0.4 is 10.6 Å². The third-order valence-corrected chi connectivity index (χ3v) is 6.31. The molecule has 152 valence electrons. The second-order valence-electron chi connectivity index (χ2n) is 7.59. The van der Waals surface area contributed by atoms with Crippen LogP contribution in [0.15, 0.2) is 35.8 Å². The predicted molar refractivity (Wildman–Crippen MR) is 112 cm³/mol. The summed E-state index contributed by atoms with van der Waals surface area (Å²) < 4.78 is 0. The van der Waals surface area contributed by atoms with Gasteiger partial charge in [0.15, 0.2) is 5.13 Å². The van der Waals surface area contributed by atoms with Crippen LogP contribution in [0.3, 0.4) is 0 Å². The second kappa shape index (κ2) is 8.73. The molecule has 2 aromatic rings. The predicted octanol–water partition coefficient (Wildman–Crippen LogP) is 2.91. The van der Waals surface area contributed by atoms with Gasteiger partial charge in [0, 0.05) is 42.7 Å². The van der Waals surface area contributed by atoms with E-state index in [2.05, 4.69) is 15.6 Å². The van der Waals surface area contributed by atoms with Crippen LogP contribution in [0, 0.1) is 11.8 Å². The minimum Gasteiger partial charge on any atom is -0.342 e. The highest BCUT2D eigenvalue weighted by molar-refractivity contribution is 7.13. The van der Waals surface area contributed by atoms with Gasteiger partial charge in [-0.3, -0.25) is 14.4 Å². The Balaban J connectivity index is 1.29. The molecule has 1 fully saturated rings. The summed E-state index contributed by atoms with van der Waals surface area (Å²) in [6.07, 6.45) is 4.72. The molecule has 0 radical (unpaired) electrons. The fourth-order valence-corrected chi connectivity index (χ4v) is 4.54. The number of carbonyl (C=O) groups is 3. The standard InChI is InChI=1S/C21H24N4O3S/c26-18(8-7-15-12-14-4-1-2-6-17(14)23-19(15)27)25-10-3-5-16(13-25)20(28)24-21-22-9-11-29-21/h1-2,4,6,9,11,15-16H,3,5,7-8,10,12-13H2,(H,23,27)(H,22,24,28). The zero-order valence-corrected chi connectivity index (χ0v) is 16.9. The lowest BCUT2D eigenvalue weighted by atomic mass is 9.89. The number of fused-ring (bicyclic) bond motifs is 1. The number of aromatic nitrogens is 1. The van der Waals surface area contributed by atoms with E-state index in [0.717, 1.165) is 24.1 Å². The number of anilines is 2. The van der Waals surface area contributed by atoms with Crippen molar-refractivity contribution < 1.29 is 14.4 Å². The number of amides is 3. The Morgan fingerprint density at radius 2 is 2.17 bits per heavy atom. The van der Waals surface area contributed by atoms with Gasteiger partial charge in [-0.2, -0.15) is 0 Å². The lowest BCUT2D eigenvalue weighted by Crippen LogP contribution is -2.44. The Labute approximate surface area is 173 Å². The van der Waals surface area contributed by atoms with Crippen molar-refractivity contribution in [3.8, 4) is 0 Å². The third kappa shape index (κ3) is 4.64. The van der Waals surface area contributed by atoms with Gasteiger partial charge in [-0.05, 0) is 37.3 Å². The highest BCUT2D eigenvalue weighted by Crippen LogP contribution is 2.28. The average Bonchev–Trinajstić information content (AvgIpc) is 3.25. The zero-order chi connectivity index (χ0) is 20.2. The lowest BCUT2D eigenvalue weighted by molar-refractivity contribution is -0.135. The molecule has 2 aliphatic heterocycles. The van der Waals surface area contributed by atoms with Crippen LogP contribution in [0.5, 0.6) is 0 Å². The molecule has 4 rings (SSSR count). The van der Waals surface area contributed by atoms with E-state index >= 15 is 0 Å². The summed E-state index contributed by atoms with van der Waals surface area (Å²) in [5.41, 5.74) is 1.98. The van der Waals surface area contributed by atoms with Crippen LogP contribution >= 0.6 is 11.3 Å². The number of nitrogens with one attached hydrogen (secondary N) is 2. The molecule has 7 nitrogen and oxygen atoms in total. The van der Waals surface area contributed by atoms with E-state index in [4.69, 9.17) is 0 Å². The molecule has 0 saturated carbocycles. The summed E-state index contributed by atoms with van der Waals surface area (Å²) in [5.74, 6) is -0.496. The van der Waals surface area contributed by atoms with E-state index in [9.17, 15) is 14.4 Å². The third-order valence-electron chi connectivity index (χ3n) is 5.63. The van der Waals surface area contributed by atoms with Crippen LogP contribution in [0.2, 0.25) is 0 Å². The molecule has 3 heterocycles. The van der Waals surface area contributed by atoms with E-state index in [1.54, 1.807) is 11.1 Å². The van der Waals surface area contributed by atoms with Crippen molar-refractivity contribution in [3.05, 3.63) is 41.4 Å². The van der Waals surface area contributed by atoms with E-state index < -0.39 is 0 Å². The van der Waals surface area contributed by atoms with Gasteiger partial charge in [-0.25, -0.2) is 4.98 Å². The SMILES string of the molecule is O=C(Nc1nccs1)C1CCCN(C(=O)CCC2Cc3ccccc3NC2=O)C1. The minimum absolute atomic E-state index is 0.0170. The number of para-hydroxylation sites is 1. The van der Waals surface area contributed by atoms with Gasteiger partial charge < -0.3 is 15.5 Å². The first-order chi connectivity index (χ1) is 14.1. The Morgan fingerprint density at radius 1 is 1.31 bits per heavy atom. The van der Waals surface area contributed by atoms with Crippen LogP contribution in [-0.4, -0.2) is 40.7 Å². The number of rotatable bonds is 5. The van der Waals surface area contributed by atoms with Gasteiger partial charge in [-0.1, -0.05) is 18.2 Å². The molecule has 8 heteroatoms. The zero-order valence-electron chi connectivity index (χ0n) is 16.1. The van der Waals surface area contributed by atoms with Crippen molar-refractivity contribution in [1.82, 2.24) is 9.88 Å². The molecule has 1 saturated heterocycles. The second-order valence-corrected chi connectivity index (χ2v) is 8.49. The number of likely N-dealkylation sites (tertiary alicyclic amines) is 1. The monoisotopic (exact) mass is 412 g/mol. The van der Waals surface area contributed by atoms with Crippen LogP contribution in [0.4, 0.5) is 10.8 Å². The molecule has 3 amide bonds. The molecule has 2 aliphatic rings. The van der Waals surface area contributed by atoms with Gasteiger partial charge in [0.1, 0.15) is 0 Å². The number of hydrogen-bond donors (Lipinski definition) is 2. The first kappa shape index (κ1) is 19.6. The van der Waals surface area contributed by atoms with Gasteiger partial charge in [0.25, 0.3) is 0 Å². The van der Waals surface area contributed by atoms with Crippen LogP contribution in [-0.2, 0) is 20.8 Å². The fourth-order valence-electron chi connectivity index (χ4n) is 4.01. The quantitative estimate of drug-likeness (QED) is 0.790. The smallest absolute Gasteiger partial charge is 0.231 e. The van der Waals surface area contributed by atoms with Crippen molar-refractivity contribution in [3.63, 3.8) is 0 Å². The summed E-state index contributed by atoms with van der Waals surface area (Å²) in [5, 5.41) is 8.16. The molecule has 2 N–H and O–H groups in total. The van der Waals surface area contributed by atoms with Crippen molar-refractivity contribution >= 4 is 39.9 Å². The molecular weight excluding hydrogens is 388 g/mol. The molecule has 29 heavy (non-hydrogen) atoms. The van der Waals surface area contributed by atoms with Crippen LogP contribution in [0.25, 0.3) is 0 Å². The van der Waals surface area contributed by atoms with Crippen LogP contribution in [0.1, 0.15) is 31.2 Å². The lowest BCUT2D eigenvalue weighted by Gasteiger charge is -2.32. The van der Waals surface area contributed by atoms with E-state index in [1.165, 1.54) is 11.3 Å². The number of nitrogens with zero attached hydrogens (tertiary/aromatic N) is 2. The highest BCUT2D eigenvalue weighted by Gasteiger charge is 2.30. The Bertz CT molecular complexity index is 899. The molecular formula is C21H24N4O3S. The van der Waals surface area contributed by atoms with Crippen molar-refractivity contribution in [1.29, 1.82) is 0 Å². The number of thiazole rings is 1. The van der Waals surface area contributed by atoms with Gasteiger partial charge in [0.2, 0.25) is 17.7 Å². The summed E-state index contributed by atoms with van der Waals surface area (Å²) in [6.45, 7) is 1.09. The first-order valence-electron chi connectivity index (χ1n) is 9.97. The van der Waals surface area contributed by atoms with E-state index in [0.29, 0.717) is 37.5 Å². The molecule has 0 bridgehead atoms. The summed E-state index contributed by atoms with van der Waals surface area (Å²) in [6, 6.07) is 7.78. The molecule has 0 aliphatic carbocycles. The maximum Gasteiger partial charge on any atom is 0.231 e. The molecule has 1 aromatic heterocycles. The van der Waals surface area contributed by atoms with Crippen molar-refractivity contribution in [2.45, 2.75) is 32.1 Å². The molecule has 0 spiro atoms. The summed E-state index contributed by atoms with van der Waals surface area (Å²) in [7, 11) is 0. The molecule has 1 aromatic carbocycles. The maximum absolute atomic E-state index is 12.7. The number of piperidine rings is 1. The Hall–Kier alpha value is -2.74. The number of benzene rings is 1. The Morgan fingerprint density at radius 3 is 3.00 bits per heavy atom.